The van der Waals surface area contributed by atoms with Crippen LogP contribution in [0.15, 0.2) is 60.8 Å². The molecular formula is C22H23N5O5. The fourth-order valence-electron chi connectivity index (χ4n) is 2.66. The Hall–Kier alpha value is -4.47. The first-order valence-electron chi connectivity index (χ1n) is 9.53. The van der Waals surface area contributed by atoms with Crippen LogP contribution in [0.2, 0.25) is 0 Å². The van der Waals surface area contributed by atoms with Gasteiger partial charge in [0.15, 0.2) is 0 Å². The third kappa shape index (κ3) is 5.79. The Labute approximate surface area is 184 Å². The van der Waals surface area contributed by atoms with E-state index in [1.165, 1.54) is 27.5 Å². The van der Waals surface area contributed by atoms with Gasteiger partial charge in [0.2, 0.25) is 0 Å². The minimum atomic E-state index is -0.490. The second-order valence-electron chi connectivity index (χ2n) is 6.35. The van der Waals surface area contributed by atoms with Gasteiger partial charge in [-0.25, -0.2) is 4.79 Å². The van der Waals surface area contributed by atoms with Crippen LogP contribution in [0.1, 0.15) is 10.5 Å². The van der Waals surface area contributed by atoms with Gasteiger partial charge in [-0.1, -0.05) is 0 Å². The molecule has 32 heavy (non-hydrogen) atoms. The van der Waals surface area contributed by atoms with Crippen LogP contribution in [0.5, 0.6) is 23.0 Å². The van der Waals surface area contributed by atoms with Gasteiger partial charge in [-0.05, 0) is 42.5 Å². The SMILES string of the molecule is CNC(=O)c1cc(Oc2ccc(NNC(=O)Nc3cc(OC)ccc3OC)cc2)ccn1. The molecule has 10 heteroatoms. The molecule has 3 amide bonds. The van der Waals surface area contributed by atoms with Crippen molar-refractivity contribution < 1.29 is 23.8 Å². The lowest BCUT2D eigenvalue weighted by atomic mass is 10.2. The average Bonchev–Trinajstić information content (AvgIpc) is 2.83. The second-order valence-corrected chi connectivity index (χ2v) is 6.35. The van der Waals surface area contributed by atoms with Gasteiger partial charge in [0.25, 0.3) is 5.91 Å². The van der Waals surface area contributed by atoms with E-state index >= 15 is 0 Å². The number of hydrogen-bond acceptors (Lipinski definition) is 7. The molecule has 0 aliphatic heterocycles. The highest BCUT2D eigenvalue weighted by Crippen LogP contribution is 2.28. The van der Waals surface area contributed by atoms with Crippen molar-refractivity contribution in [2.75, 3.05) is 32.0 Å². The molecular weight excluding hydrogens is 414 g/mol. The Morgan fingerprint density at radius 2 is 1.62 bits per heavy atom. The third-order valence-corrected chi connectivity index (χ3v) is 4.26. The molecule has 0 bridgehead atoms. The molecule has 3 rings (SSSR count). The van der Waals surface area contributed by atoms with Crippen molar-refractivity contribution in [3.8, 4) is 23.0 Å². The fraction of sp³-hybridized carbons (Fsp3) is 0.136. The highest BCUT2D eigenvalue weighted by molar-refractivity contribution is 5.92. The van der Waals surface area contributed by atoms with E-state index in [4.69, 9.17) is 14.2 Å². The van der Waals surface area contributed by atoms with E-state index in [1.807, 2.05) is 0 Å². The Balaban J connectivity index is 1.56. The van der Waals surface area contributed by atoms with Crippen molar-refractivity contribution in [2.45, 2.75) is 0 Å². The zero-order valence-electron chi connectivity index (χ0n) is 17.8. The van der Waals surface area contributed by atoms with Crippen molar-refractivity contribution >= 4 is 23.3 Å². The van der Waals surface area contributed by atoms with Crippen molar-refractivity contribution in [1.82, 2.24) is 15.7 Å². The molecule has 0 radical (unpaired) electrons. The summed E-state index contributed by atoms with van der Waals surface area (Å²) in [6, 6.07) is 14.7. The summed E-state index contributed by atoms with van der Waals surface area (Å²) in [6.45, 7) is 0. The first kappa shape index (κ1) is 22.2. The Bertz CT molecular complexity index is 1090. The lowest BCUT2D eigenvalue weighted by Gasteiger charge is -2.13. The number of rotatable bonds is 8. The molecule has 4 N–H and O–H groups in total. The number of carbonyl (C=O) groups excluding carboxylic acids is 2. The van der Waals surface area contributed by atoms with Gasteiger partial charge in [-0.3, -0.25) is 20.6 Å². The smallest absolute Gasteiger partial charge is 0.337 e. The minimum Gasteiger partial charge on any atom is -0.497 e. The lowest BCUT2D eigenvalue weighted by molar-refractivity contribution is 0.0958. The summed E-state index contributed by atoms with van der Waals surface area (Å²) in [4.78, 5) is 27.9. The zero-order chi connectivity index (χ0) is 22.9. The molecule has 0 fully saturated rings. The summed E-state index contributed by atoms with van der Waals surface area (Å²) < 4.78 is 16.2. The number of hydrazine groups is 1. The van der Waals surface area contributed by atoms with Crippen LogP contribution in [0.25, 0.3) is 0 Å². The second kappa shape index (κ2) is 10.5. The van der Waals surface area contributed by atoms with E-state index < -0.39 is 6.03 Å². The summed E-state index contributed by atoms with van der Waals surface area (Å²) in [5, 5.41) is 5.20. The van der Waals surface area contributed by atoms with Crippen LogP contribution < -0.4 is 35.7 Å². The Kier molecular flexibility index (Phi) is 7.31. The summed E-state index contributed by atoms with van der Waals surface area (Å²) in [5.74, 6) is 1.81. The van der Waals surface area contributed by atoms with Gasteiger partial charge in [0.1, 0.15) is 28.7 Å². The summed E-state index contributed by atoms with van der Waals surface area (Å²) in [6.07, 6.45) is 1.50. The topological polar surface area (TPSA) is 123 Å². The van der Waals surface area contributed by atoms with Crippen LogP contribution in [0, 0.1) is 0 Å². The predicted octanol–water partition coefficient (Wildman–Crippen LogP) is 3.40. The fourth-order valence-corrected chi connectivity index (χ4v) is 2.66. The van der Waals surface area contributed by atoms with Gasteiger partial charge in [-0.2, -0.15) is 0 Å². The van der Waals surface area contributed by atoms with Gasteiger partial charge in [-0.15, -0.1) is 0 Å². The van der Waals surface area contributed by atoms with E-state index in [9.17, 15) is 9.59 Å². The number of methoxy groups -OCH3 is 2. The molecule has 3 aromatic rings. The van der Waals surface area contributed by atoms with Crippen molar-refractivity contribution in [3.63, 3.8) is 0 Å². The molecule has 0 spiro atoms. The van der Waals surface area contributed by atoms with Gasteiger partial charge in [0.05, 0.1) is 25.6 Å². The van der Waals surface area contributed by atoms with Gasteiger partial charge >= 0.3 is 6.03 Å². The molecule has 0 saturated heterocycles. The molecule has 0 unspecified atom stereocenters. The highest BCUT2D eigenvalue weighted by Gasteiger charge is 2.09. The quantitative estimate of drug-likeness (QED) is 0.398. The maximum absolute atomic E-state index is 12.2. The van der Waals surface area contributed by atoms with Gasteiger partial charge in [0, 0.05) is 25.4 Å². The number of carbonyl (C=O) groups is 2. The van der Waals surface area contributed by atoms with Gasteiger partial charge < -0.3 is 24.8 Å². The molecule has 1 aromatic heterocycles. The van der Waals surface area contributed by atoms with Crippen LogP contribution in [-0.4, -0.2) is 38.2 Å². The minimum absolute atomic E-state index is 0.256. The first-order valence-corrected chi connectivity index (χ1v) is 9.53. The standard InChI is InChI=1S/C22H23N5O5/c1-23-21(28)19-13-17(10-11-24-19)32-15-6-4-14(5-7-15)26-27-22(29)25-18-12-16(30-2)8-9-20(18)31-3/h4-13,26H,1-3H3,(H,23,28)(H2,25,27,29). The predicted molar refractivity (Wildman–Crippen MR) is 119 cm³/mol. The van der Waals surface area contributed by atoms with E-state index in [-0.39, 0.29) is 11.6 Å². The van der Waals surface area contributed by atoms with Crippen LogP contribution >= 0.6 is 0 Å². The molecule has 0 atom stereocenters. The highest BCUT2D eigenvalue weighted by atomic mass is 16.5. The first-order chi connectivity index (χ1) is 15.5. The lowest BCUT2D eigenvalue weighted by Crippen LogP contribution is -2.33. The molecule has 0 saturated carbocycles. The van der Waals surface area contributed by atoms with E-state index in [0.717, 1.165) is 0 Å². The number of benzene rings is 2. The monoisotopic (exact) mass is 437 g/mol. The average molecular weight is 437 g/mol. The number of hydrogen-bond donors (Lipinski definition) is 4. The number of nitrogens with one attached hydrogen (secondary N) is 4. The molecule has 0 aliphatic carbocycles. The third-order valence-electron chi connectivity index (χ3n) is 4.26. The van der Waals surface area contributed by atoms with E-state index in [2.05, 4.69) is 26.5 Å². The van der Waals surface area contributed by atoms with Crippen LogP contribution in [0.3, 0.4) is 0 Å². The Morgan fingerprint density at radius 3 is 2.31 bits per heavy atom. The van der Waals surface area contributed by atoms with Crippen molar-refractivity contribution in [3.05, 3.63) is 66.5 Å². The van der Waals surface area contributed by atoms with Crippen molar-refractivity contribution in [1.29, 1.82) is 0 Å². The normalized spacial score (nSPS) is 9.97. The number of amides is 3. The van der Waals surface area contributed by atoms with E-state index in [0.29, 0.717) is 34.4 Å². The number of urea groups is 1. The molecule has 2 aromatic carbocycles. The summed E-state index contributed by atoms with van der Waals surface area (Å²) in [7, 11) is 4.58. The van der Waals surface area contributed by atoms with E-state index in [1.54, 1.807) is 54.6 Å². The maximum atomic E-state index is 12.2. The zero-order valence-corrected chi connectivity index (χ0v) is 17.8. The molecule has 166 valence electrons. The van der Waals surface area contributed by atoms with Crippen LogP contribution in [0.4, 0.5) is 16.2 Å². The summed E-state index contributed by atoms with van der Waals surface area (Å²) >= 11 is 0. The molecule has 0 aliphatic rings. The molecule has 10 nitrogen and oxygen atoms in total. The Morgan fingerprint density at radius 1 is 0.875 bits per heavy atom. The number of nitrogens with zero attached hydrogens (tertiary/aromatic N) is 1. The number of ether oxygens (including phenoxy) is 3. The number of anilines is 2. The number of aromatic nitrogens is 1. The maximum Gasteiger partial charge on any atom is 0.337 e. The van der Waals surface area contributed by atoms with Crippen LogP contribution in [-0.2, 0) is 0 Å². The van der Waals surface area contributed by atoms with Crippen molar-refractivity contribution in [2.24, 2.45) is 0 Å². The number of pyridine rings is 1. The summed E-state index contributed by atoms with van der Waals surface area (Å²) in [5.41, 5.74) is 6.69. The largest absolute Gasteiger partial charge is 0.497 e. The molecule has 1 heterocycles.